The van der Waals surface area contributed by atoms with Crippen molar-refractivity contribution >= 4 is 55.5 Å². The summed E-state index contributed by atoms with van der Waals surface area (Å²) in [5, 5.41) is 18.4. The molecule has 0 unspecified atom stereocenters. The molecule has 1 aromatic heterocycles. The Kier molecular flexibility index (Phi) is 8.12. The Balaban J connectivity index is 0.000000479. The Morgan fingerprint density at radius 2 is 1.84 bits per heavy atom. The first kappa shape index (κ1) is 27.9. The van der Waals surface area contributed by atoms with Gasteiger partial charge >= 0.3 is 12.1 Å². The average Bonchev–Trinajstić information content (AvgIpc) is 3.41. The molecule has 2 aromatic carbocycles. The molecule has 1 amide bonds. The zero-order chi connectivity index (χ0) is 27.5. The summed E-state index contributed by atoms with van der Waals surface area (Å²) in [5.74, 6) is -2.98. The lowest BCUT2D eigenvalue weighted by atomic mass is 10.1. The molecule has 1 atom stereocenters. The maximum Gasteiger partial charge on any atom is 0.490 e. The van der Waals surface area contributed by atoms with Crippen LogP contribution < -0.4 is 10.0 Å². The molecule has 2 heterocycles. The molecule has 9 nitrogen and oxygen atoms in total. The summed E-state index contributed by atoms with van der Waals surface area (Å²) in [7, 11) is -3.66. The summed E-state index contributed by atoms with van der Waals surface area (Å²) in [4.78, 5) is 24.3. The zero-order valence-electron chi connectivity index (χ0n) is 19.4. The predicted octanol–water partition coefficient (Wildman–Crippen LogP) is 3.39. The molecular formula is C23H23F3N4O5S2. The van der Waals surface area contributed by atoms with E-state index in [2.05, 4.69) is 0 Å². The molecule has 1 fully saturated rings. The second kappa shape index (κ2) is 10.8. The molecule has 0 spiro atoms. The Bertz CT molecular complexity index is 1440. The van der Waals surface area contributed by atoms with Crippen LogP contribution in [0.15, 0.2) is 53.9 Å². The van der Waals surface area contributed by atoms with Gasteiger partial charge in [-0.3, -0.25) is 14.5 Å². The van der Waals surface area contributed by atoms with Crippen molar-refractivity contribution in [1.29, 1.82) is 5.41 Å². The number of aliphatic carboxylic acids is 1. The van der Waals surface area contributed by atoms with Gasteiger partial charge in [-0.15, -0.1) is 11.3 Å². The van der Waals surface area contributed by atoms with E-state index in [0.29, 0.717) is 30.1 Å². The van der Waals surface area contributed by atoms with Gasteiger partial charge in [0.15, 0.2) is 0 Å². The minimum Gasteiger partial charge on any atom is -0.475 e. The maximum absolute atomic E-state index is 13.1. The summed E-state index contributed by atoms with van der Waals surface area (Å²) in [5.41, 5.74) is 6.89. The van der Waals surface area contributed by atoms with E-state index in [9.17, 15) is 26.4 Å². The number of thiophene rings is 1. The number of fused-ring (bicyclic) bond motifs is 1. The normalized spacial score (nSPS) is 15.8. The molecule has 37 heavy (non-hydrogen) atoms. The van der Waals surface area contributed by atoms with Gasteiger partial charge in [0.1, 0.15) is 11.9 Å². The summed E-state index contributed by atoms with van der Waals surface area (Å²) in [6.45, 7) is 0.836. The Labute approximate surface area is 214 Å². The molecule has 0 bridgehead atoms. The van der Waals surface area contributed by atoms with E-state index in [1.807, 2.05) is 41.8 Å². The molecule has 14 heteroatoms. The number of nitrogens with zero attached hydrogens (tertiary/aromatic N) is 2. The number of likely N-dealkylation sites (tertiary alicyclic amines) is 1. The number of amides is 1. The summed E-state index contributed by atoms with van der Waals surface area (Å²) in [6, 6.07) is 14.2. The SMILES string of the molecule is CS(=O)(=O)N(c1ccc2ccccc2c1)[C@H]1CCN(Cc2csc(C(=N)N)c2)C1=O.O=C(O)C(F)(F)F. The van der Waals surface area contributed by atoms with Crippen molar-refractivity contribution in [2.24, 2.45) is 5.73 Å². The highest BCUT2D eigenvalue weighted by atomic mass is 32.2. The van der Waals surface area contributed by atoms with Gasteiger partial charge in [-0.05, 0) is 46.3 Å². The van der Waals surface area contributed by atoms with Gasteiger partial charge < -0.3 is 15.7 Å². The summed E-state index contributed by atoms with van der Waals surface area (Å²) >= 11 is 1.36. The van der Waals surface area contributed by atoms with E-state index in [0.717, 1.165) is 22.6 Å². The number of carbonyl (C=O) groups excluding carboxylic acids is 1. The second-order valence-corrected chi connectivity index (χ2v) is 11.0. The lowest BCUT2D eigenvalue weighted by molar-refractivity contribution is -0.192. The molecule has 198 valence electrons. The number of halogens is 3. The highest BCUT2D eigenvalue weighted by Gasteiger charge is 2.40. The number of anilines is 1. The third kappa shape index (κ3) is 6.77. The van der Waals surface area contributed by atoms with Crippen LogP contribution in [0.1, 0.15) is 16.9 Å². The number of hydrogen-bond acceptors (Lipinski definition) is 6. The fourth-order valence-electron chi connectivity index (χ4n) is 3.83. The third-order valence-corrected chi connectivity index (χ3v) is 7.62. The quantitative estimate of drug-likeness (QED) is 0.314. The van der Waals surface area contributed by atoms with Crippen LogP contribution in [-0.2, 0) is 26.2 Å². The summed E-state index contributed by atoms with van der Waals surface area (Å²) < 4.78 is 58.3. The Morgan fingerprint density at radius 1 is 1.22 bits per heavy atom. The number of carbonyl (C=O) groups is 2. The van der Waals surface area contributed by atoms with Gasteiger partial charge in [-0.25, -0.2) is 13.2 Å². The fraction of sp³-hybridized carbons (Fsp3) is 0.261. The zero-order valence-corrected chi connectivity index (χ0v) is 21.0. The number of carboxylic acids is 1. The lowest BCUT2D eigenvalue weighted by Gasteiger charge is -2.28. The number of nitrogens with one attached hydrogen (secondary N) is 1. The Hall–Kier alpha value is -3.65. The van der Waals surface area contributed by atoms with Gasteiger partial charge in [-0.1, -0.05) is 30.3 Å². The van der Waals surface area contributed by atoms with Crippen LogP contribution in [0.25, 0.3) is 10.8 Å². The first-order valence-corrected chi connectivity index (χ1v) is 13.4. The van der Waals surface area contributed by atoms with E-state index in [1.54, 1.807) is 17.0 Å². The number of benzene rings is 2. The van der Waals surface area contributed by atoms with E-state index in [-0.39, 0.29) is 11.7 Å². The lowest BCUT2D eigenvalue weighted by Crippen LogP contribution is -2.45. The minimum absolute atomic E-state index is 0.00330. The highest BCUT2D eigenvalue weighted by Crippen LogP contribution is 2.30. The van der Waals surface area contributed by atoms with Gasteiger partial charge in [0.05, 0.1) is 16.8 Å². The highest BCUT2D eigenvalue weighted by molar-refractivity contribution is 7.92. The van der Waals surface area contributed by atoms with E-state index >= 15 is 0 Å². The van der Waals surface area contributed by atoms with E-state index in [1.165, 1.54) is 15.6 Å². The van der Waals surface area contributed by atoms with Crippen molar-refractivity contribution in [1.82, 2.24) is 4.90 Å². The molecule has 3 aromatic rings. The molecule has 4 rings (SSSR count). The van der Waals surface area contributed by atoms with Crippen molar-refractivity contribution in [3.05, 3.63) is 64.4 Å². The van der Waals surface area contributed by atoms with Crippen LogP contribution in [-0.4, -0.2) is 61.2 Å². The Morgan fingerprint density at radius 3 is 2.38 bits per heavy atom. The third-order valence-electron chi connectivity index (χ3n) is 5.43. The van der Waals surface area contributed by atoms with Crippen molar-refractivity contribution in [2.45, 2.75) is 25.2 Å². The molecule has 0 radical (unpaired) electrons. The van der Waals surface area contributed by atoms with Crippen molar-refractivity contribution in [2.75, 3.05) is 17.1 Å². The first-order valence-electron chi connectivity index (χ1n) is 10.7. The number of sulfonamides is 1. The number of hydrogen-bond donors (Lipinski definition) is 3. The number of nitrogen functional groups attached to an aromatic ring is 1. The molecular weight excluding hydrogens is 533 g/mol. The number of carboxylic acid groups (broad SMARTS) is 1. The van der Waals surface area contributed by atoms with Gasteiger partial charge in [-0.2, -0.15) is 13.2 Å². The van der Waals surface area contributed by atoms with E-state index in [4.69, 9.17) is 21.0 Å². The van der Waals surface area contributed by atoms with Crippen LogP contribution in [0, 0.1) is 5.41 Å². The summed E-state index contributed by atoms with van der Waals surface area (Å²) in [6.07, 6.45) is -3.53. The van der Waals surface area contributed by atoms with Gasteiger partial charge in [0.25, 0.3) is 0 Å². The monoisotopic (exact) mass is 556 g/mol. The largest absolute Gasteiger partial charge is 0.490 e. The minimum atomic E-state index is -5.08. The maximum atomic E-state index is 13.1. The standard InChI is InChI=1S/C21H22N4O3S2.C2HF3O2/c1-30(27,28)25(17-7-6-15-4-2-3-5-16(15)11-17)18-8-9-24(21(18)26)12-14-10-19(20(22)23)29-13-14;3-2(4,5)1(6)7/h2-7,10-11,13,18H,8-9,12H2,1H3,(H3,22,23);(H,6,7)/t18-;/m0./s1. The van der Waals surface area contributed by atoms with Gasteiger partial charge in [0.2, 0.25) is 15.9 Å². The van der Waals surface area contributed by atoms with Crippen LogP contribution in [0.2, 0.25) is 0 Å². The number of rotatable bonds is 6. The number of alkyl halides is 3. The fourth-order valence-corrected chi connectivity index (χ4v) is 5.76. The van der Waals surface area contributed by atoms with Crippen LogP contribution in [0.4, 0.5) is 18.9 Å². The first-order chi connectivity index (χ1) is 17.2. The number of nitrogens with two attached hydrogens (primary N) is 1. The average molecular weight is 557 g/mol. The van der Waals surface area contributed by atoms with Crippen molar-refractivity contribution in [3.8, 4) is 0 Å². The van der Waals surface area contributed by atoms with Gasteiger partial charge in [0, 0.05) is 13.1 Å². The molecule has 1 saturated heterocycles. The van der Waals surface area contributed by atoms with Crippen molar-refractivity contribution in [3.63, 3.8) is 0 Å². The molecule has 1 aliphatic heterocycles. The number of amidine groups is 1. The van der Waals surface area contributed by atoms with Crippen molar-refractivity contribution < 1.29 is 36.3 Å². The smallest absolute Gasteiger partial charge is 0.475 e. The van der Waals surface area contributed by atoms with Crippen LogP contribution in [0.3, 0.4) is 0 Å². The topological polar surface area (TPSA) is 145 Å². The molecule has 1 aliphatic rings. The molecule has 0 saturated carbocycles. The molecule has 4 N–H and O–H groups in total. The van der Waals surface area contributed by atoms with E-state index < -0.39 is 28.2 Å². The predicted molar refractivity (Wildman–Crippen MR) is 134 cm³/mol. The van der Waals surface area contributed by atoms with Crippen LogP contribution in [0.5, 0.6) is 0 Å². The second-order valence-electron chi connectivity index (χ2n) is 8.19. The molecule has 0 aliphatic carbocycles. The van der Waals surface area contributed by atoms with Crippen LogP contribution >= 0.6 is 11.3 Å².